The average Bonchev–Trinajstić information content (AvgIpc) is 2.21. The van der Waals surface area contributed by atoms with E-state index in [4.69, 9.17) is 0 Å². The Morgan fingerprint density at radius 2 is 1.93 bits per heavy atom. The molecule has 0 N–H and O–H groups in total. The third kappa shape index (κ3) is 4.63. The van der Waals surface area contributed by atoms with Crippen LogP contribution in [0.1, 0.15) is 52.9 Å². The Kier molecular flexibility index (Phi) is 5.07. The molecule has 1 heteroatoms. The summed E-state index contributed by atoms with van der Waals surface area (Å²) in [6.07, 6.45) is 9.83. The van der Waals surface area contributed by atoms with Crippen molar-refractivity contribution in [2.45, 2.75) is 52.9 Å². The maximum absolute atomic E-state index is 10.5. The minimum absolute atomic E-state index is 0.184. The fourth-order valence-electron chi connectivity index (χ4n) is 2.48. The minimum atomic E-state index is 0.184. The molecule has 1 fully saturated rings. The minimum Gasteiger partial charge on any atom is -0.303 e. The Hall–Kier alpha value is -0.590. The topological polar surface area (TPSA) is 17.1 Å². The molecular weight excluding hydrogens is 184 g/mol. The Labute approximate surface area is 93.9 Å². The lowest BCUT2D eigenvalue weighted by atomic mass is 9.82. The Morgan fingerprint density at radius 3 is 2.47 bits per heavy atom. The fourth-order valence-corrected chi connectivity index (χ4v) is 2.48. The van der Waals surface area contributed by atoms with Crippen molar-refractivity contribution in [2.24, 2.45) is 17.8 Å². The molecule has 0 heterocycles. The molecule has 0 aromatic heterocycles. The first kappa shape index (κ1) is 12.5. The van der Waals surface area contributed by atoms with Crippen LogP contribution in [0.5, 0.6) is 0 Å². The van der Waals surface area contributed by atoms with Gasteiger partial charge in [0.25, 0.3) is 0 Å². The maximum Gasteiger partial charge on any atom is 0.123 e. The van der Waals surface area contributed by atoms with Gasteiger partial charge in [0, 0.05) is 5.92 Å². The number of carbonyl (C=O) groups excluding carboxylic acids is 1. The first-order chi connectivity index (χ1) is 7.11. The Morgan fingerprint density at radius 1 is 1.33 bits per heavy atom. The molecule has 0 amide bonds. The van der Waals surface area contributed by atoms with E-state index in [1.807, 2.05) is 6.92 Å². The van der Waals surface area contributed by atoms with Crippen LogP contribution in [-0.4, -0.2) is 6.29 Å². The van der Waals surface area contributed by atoms with Gasteiger partial charge in [-0.15, -0.1) is 0 Å². The summed E-state index contributed by atoms with van der Waals surface area (Å²) in [6, 6.07) is 0. The highest BCUT2D eigenvalue weighted by Crippen LogP contribution is 2.30. The predicted octanol–water partition coefficient (Wildman–Crippen LogP) is 3.98. The second-order valence-corrected chi connectivity index (χ2v) is 5.35. The second kappa shape index (κ2) is 6.09. The van der Waals surface area contributed by atoms with Crippen LogP contribution in [0.3, 0.4) is 0 Å². The third-order valence-electron chi connectivity index (χ3n) is 3.46. The first-order valence-electron chi connectivity index (χ1n) is 6.24. The fraction of sp³-hybridized carbons (Fsp3) is 0.786. The molecule has 1 saturated carbocycles. The van der Waals surface area contributed by atoms with Crippen molar-refractivity contribution in [1.82, 2.24) is 0 Å². The SMILES string of the molecule is C/C(=C\C1CCC(C)CC1)CC(C)C=O. The van der Waals surface area contributed by atoms with Crippen LogP contribution in [-0.2, 0) is 4.79 Å². The van der Waals surface area contributed by atoms with Crippen molar-refractivity contribution in [2.75, 3.05) is 0 Å². The summed E-state index contributed by atoms with van der Waals surface area (Å²) >= 11 is 0. The number of aldehydes is 1. The Balaban J connectivity index is 2.37. The third-order valence-corrected chi connectivity index (χ3v) is 3.46. The summed E-state index contributed by atoms with van der Waals surface area (Å²) in [5.74, 6) is 1.88. The van der Waals surface area contributed by atoms with Gasteiger partial charge in [-0.2, -0.15) is 0 Å². The smallest absolute Gasteiger partial charge is 0.123 e. The predicted molar refractivity (Wildman–Crippen MR) is 64.7 cm³/mol. The molecule has 0 aromatic rings. The lowest BCUT2D eigenvalue weighted by Crippen LogP contribution is -2.11. The molecule has 1 nitrogen and oxygen atoms in total. The van der Waals surface area contributed by atoms with Crippen LogP contribution in [0.25, 0.3) is 0 Å². The quantitative estimate of drug-likeness (QED) is 0.504. The highest BCUT2D eigenvalue weighted by atomic mass is 16.1. The number of hydrogen-bond donors (Lipinski definition) is 0. The molecule has 1 unspecified atom stereocenters. The van der Waals surface area contributed by atoms with Gasteiger partial charge < -0.3 is 4.79 Å². The molecule has 1 rings (SSSR count). The van der Waals surface area contributed by atoms with E-state index in [0.29, 0.717) is 0 Å². The first-order valence-corrected chi connectivity index (χ1v) is 6.24. The average molecular weight is 208 g/mol. The van der Waals surface area contributed by atoms with E-state index in [9.17, 15) is 4.79 Å². The zero-order valence-corrected chi connectivity index (χ0v) is 10.3. The van der Waals surface area contributed by atoms with Crippen molar-refractivity contribution in [3.05, 3.63) is 11.6 Å². The molecule has 15 heavy (non-hydrogen) atoms. The van der Waals surface area contributed by atoms with E-state index in [1.54, 1.807) is 0 Å². The van der Waals surface area contributed by atoms with Crippen molar-refractivity contribution >= 4 is 6.29 Å². The zero-order chi connectivity index (χ0) is 11.3. The largest absolute Gasteiger partial charge is 0.303 e. The van der Waals surface area contributed by atoms with Gasteiger partial charge in [-0.25, -0.2) is 0 Å². The molecule has 0 spiro atoms. The summed E-state index contributed by atoms with van der Waals surface area (Å²) < 4.78 is 0. The van der Waals surface area contributed by atoms with Crippen LogP contribution in [0.4, 0.5) is 0 Å². The van der Waals surface area contributed by atoms with E-state index >= 15 is 0 Å². The molecule has 0 aromatic carbocycles. The van der Waals surface area contributed by atoms with E-state index < -0.39 is 0 Å². The van der Waals surface area contributed by atoms with Crippen LogP contribution < -0.4 is 0 Å². The summed E-state index contributed by atoms with van der Waals surface area (Å²) in [5.41, 5.74) is 1.40. The van der Waals surface area contributed by atoms with Crippen molar-refractivity contribution in [1.29, 1.82) is 0 Å². The molecule has 0 aliphatic heterocycles. The number of hydrogen-bond acceptors (Lipinski definition) is 1. The molecule has 1 aliphatic rings. The van der Waals surface area contributed by atoms with Crippen LogP contribution in [0.15, 0.2) is 11.6 Å². The number of allylic oxidation sites excluding steroid dienone is 2. The van der Waals surface area contributed by atoms with Gasteiger partial charge in [0.15, 0.2) is 0 Å². The van der Waals surface area contributed by atoms with Crippen molar-refractivity contribution in [3.8, 4) is 0 Å². The number of carbonyl (C=O) groups is 1. The molecule has 86 valence electrons. The van der Waals surface area contributed by atoms with E-state index in [-0.39, 0.29) is 5.92 Å². The maximum atomic E-state index is 10.5. The van der Waals surface area contributed by atoms with E-state index in [0.717, 1.165) is 24.5 Å². The van der Waals surface area contributed by atoms with E-state index in [2.05, 4.69) is 19.9 Å². The van der Waals surface area contributed by atoms with Gasteiger partial charge in [-0.1, -0.05) is 38.3 Å². The van der Waals surface area contributed by atoms with Crippen LogP contribution >= 0.6 is 0 Å². The molecule has 0 saturated heterocycles. The molecule has 0 bridgehead atoms. The molecular formula is C14H24O. The lowest BCUT2D eigenvalue weighted by Gasteiger charge is -2.24. The summed E-state index contributed by atoms with van der Waals surface area (Å²) in [6.45, 7) is 6.51. The van der Waals surface area contributed by atoms with Gasteiger partial charge in [0.1, 0.15) is 6.29 Å². The van der Waals surface area contributed by atoms with Crippen molar-refractivity contribution < 1.29 is 4.79 Å². The van der Waals surface area contributed by atoms with Gasteiger partial charge in [0.2, 0.25) is 0 Å². The summed E-state index contributed by atoms with van der Waals surface area (Å²) in [7, 11) is 0. The van der Waals surface area contributed by atoms with E-state index in [1.165, 1.54) is 31.3 Å². The standard InChI is InChI=1S/C14H24O/c1-11-4-6-14(7-5-11)9-12(2)8-13(3)10-15/h9-11,13-14H,4-8H2,1-3H3/b12-9+. The summed E-state index contributed by atoms with van der Waals surface area (Å²) in [4.78, 5) is 10.5. The van der Waals surface area contributed by atoms with Crippen molar-refractivity contribution in [3.63, 3.8) is 0 Å². The normalized spacial score (nSPS) is 29.9. The Bertz CT molecular complexity index is 221. The lowest BCUT2D eigenvalue weighted by molar-refractivity contribution is -0.110. The van der Waals surface area contributed by atoms with Crippen LogP contribution in [0, 0.1) is 17.8 Å². The van der Waals surface area contributed by atoms with Gasteiger partial charge in [-0.3, -0.25) is 0 Å². The summed E-state index contributed by atoms with van der Waals surface area (Å²) in [5, 5.41) is 0. The van der Waals surface area contributed by atoms with Crippen LogP contribution in [0.2, 0.25) is 0 Å². The molecule has 1 aliphatic carbocycles. The molecule has 1 atom stereocenters. The van der Waals surface area contributed by atoms with Gasteiger partial charge in [-0.05, 0) is 38.0 Å². The molecule has 0 radical (unpaired) electrons. The monoisotopic (exact) mass is 208 g/mol. The highest BCUT2D eigenvalue weighted by molar-refractivity contribution is 5.53. The highest BCUT2D eigenvalue weighted by Gasteiger charge is 2.16. The van der Waals surface area contributed by atoms with Gasteiger partial charge >= 0.3 is 0 Å². The number of rotatable bonds is 4. The second-order valence-electron chi connectivity index (χ2n) is 5.35. The zero-order valence-electron chi connectivity index (χ0n) is 10.3. The van der Waals surface area contributed by atoms with Gasteiger partial charge in [0.05, 0.1) is 0 Å².